The number of nitrogens with one attached hydrogen (secondary N) is 2. The predicted molar refractivity (Wildman–Crippen MR) is 115 cm³/mol. The highest BCUT2D eigenvalue weighted by Gasteiger charge is 2.11. The van der Waals surface area contributed by atoms with E-state index in [1.54, 1.807) is 0 Å². The van der Waals surface area contributed by atoms with E-state index in [4.69, 9.17) is 0 Å². The number of halogens is 1. The molecule has 3 rings (SSSR count). The molecule has 28 heavy (non-hydrogen) atoms. The van der Waals surface area contributed by atoms with Crippen molar-refractivity contribution < 1.29 is 9.18 Å². The van der Waals surface area contributed by atoms with Gasteiger partial charge in [0, 0.05) is 12.1 Å². The molecule has 1 amide bonds. The molecule has 144 valence electrons. The number of rotatable bonds is 7. The van der Waals surface area contributed by atoms with Gasteiger partial charge >= 0.3 is 0 Å². The number of hydrogen-bond donors (Lipinski definition) is 2. The fourth-order valence-electron chi connectivity index (χ4n) is 3.01. The lowest BCUT2D eigenvalue weighted by atomic mass is 10.0. The summed E-state index contributed by atoms with van der Waals surface area (Å²) in [4.78, 5) is 12.8. The Kier molecular flexibility index (Phi) is 6.43. The Morgan fingerprint density at radius 3 is 2.25 bits per heavy atom. The van der Waals surface area contributed by atoms with Crippen LogP contribution >= 0.6 is 0 Å². The first kappa shape index (κ1) is 19.6. The lowest BCUT2D eigenvalue weighted by Gasteiger charge is -2.15. The van der Waals surface area contributed by atoms with Crippen molar-refractivity contribution in [2.24, 2.45) is 0 Å². The fraction of sp³-hybridized carbons (Fsp3) is 0.208. The third-order valence-electron chi connectivity index (χ3n) is 4.62. The molecule has 0 aromatic heterocycles. The van der Waals surface area contributed by atoms with E-state index in [0.717, 1.165) is 11.1 Å². The topological polar surface area (TPSA) is 41.1 Å². The molecule has 0 atom stereocenters. The van der Waals surface area contributed by atoms with Gasteiger partial charge in [-0.05, 0) is 46.9 Å². The van der Waals surface area contributed by atoms with Gasteiger partial charge in [-0.2, -0.15) is 0 Å². The first-order valence-electron chi connectivity index (χ1n) is 9.49. The Bertz CT molecular complexity index is 921. The van der Waals surface area contributed by atoms with Crippen LogP contribution in [-0.4, -0.2) is 19.1 Å². The highest BCUT2D eigenvalue weighted by Crippen LogP contribution is 2.29. The van der Waals surface area contributed by atoms with Crippen molar-refractivity contribution in [2.45, 2.75) is 19.8 Å². The number of amides is 1. The van der Waals surface area contributed by atoms with Crippen LogP contribution in [0.1, 0.15) is 35.7 Å². The van der Waals surface area contributed by atoms with Crippen LogP contribution < -0.4 is 10.6 Å². The van der Waals surface area contributed by atoms with Gasteiger partial charge in [-0.25, -0.2) is 4.39 Å². The SMILES string of the molecule is CC(C)c1ccc(C(=O)Nc2cc(-c3ccccc3)ccc2NCC[18F])cc1. The maximum Gasteiger partial charge on any atom is 0.255 e. The molecule has 3 aromatic carbocycles. The van der Waals surface area contributed by atoms with E-state index in [0.29, 0.717) is 22.9 Å². The van der Waals surface area contributed by atoms with E-state index in [-0.39, 0.29) is 12.5 Å². The monoisotopic (exact) mass is 375 g/mol. The summed E-state index contributed by atoms with van der Waals surface area (Å²) in [6.45, 7) is 3.95. The first-order valence-corrected chi connectivity index (χ1v) is 9.49. The molecule has 0 heterocycles. The van der Waals surface area contributed by atoms with Crippen LogP contribution in [0, 0.1) is 0 Å². The molecule has 2 N–H and O–H groups in total. The molecule has 0 bridgehead atoms. The van der Waals surface area contributed by atoms with Gasteiger partial charge in [-0.3, -0.25) is 4.79 Å². The summed E-state index contributed by atoms with van der Waals surface area (Å²) in [5.74, 6) is 0.222. The molecule has 3 aromatic rings. The summed E-state index contributed by atoms with van der Waals surface area (Å²) >= 11 is 0. The summed E-state index contributed by atoms with van der Waals surface area (Å²) in [5.41, 5.74) is 5.14. The van der Waals surface area contributed by atoms with Gasteiger partial charge in [-0.1, -0.05) is 62.4 Å². The molecule has 0 saturated carbocycles. The Balaban J connectivity index is 1.88. The van der Waals surface area contributed by atoms with E-state index >= 15 is 0 Å². The van der Waals surface area contributed by atoms with E-state index in [1.165, 1.54) is 5.56 Å². The largest absolute Gasteiger partial charge is 0.381 e. The number of alkyl halides is 1. The Labute approximate surface area is 165 Å². The first-order chi connectivity index (χ1) is 13.6. The minimum atomic E-state index is -0.482. The number of hydrogen-bond acceptors (Lipinski definition) is 2. The average Bonchev–Trinajstić information content (AvgIpc) is 2.73. The molecular formula is C24H25FN2O. The third-order valence-corrected chi connectivity index (χ3v) is 4.62. The lowest BCUT2D eigenvalue weighted by Crippen LogP contribution is -2.14. The number of benzene rings is 3. The second kappa shape index (κ2) is 9.18. The molecule has 0 fully saturated rings. The van der Waals surface area contributed by atoms with Crippen molar-refractivity contribution in [2.75, 3.05) is 23.9 Å². The summed E-state index contributed by atoms with van der Waals surface area (Å²) in [7, 11) is 0. The molecular weight excluding hydrogens is 350 g/mol. The van der Waals surface area contributed by atoms with Gasteiger partial charge in [0.05, 0.1) is 11.4 Å². The minimum Gasteiger partial charge on any atom is -0.381 e. The van der Waals surface area contributed by atoms with Crippen LogP contribution in [0.15, 0.2) is 72.8 Å². The number of carbonyl (C=O) groups excluding carboxylic acids is 1. The van der Waals surface area contributed by atoms with E-state index in [2.05, 4.69) is 24.5 Å². The molecule has 0 unspecified atom stereocenters. The van der Waals surface area contributed by atoms with Crippen molar-refractivity contribution >= 4 is 17.3 Å². The molecule has 0 spiro atoms. The van der Waals surface area contributed by atoms with Gasteiger partial charge in [0.15, 0.2) is 0 Å². The molecule has 3 nitrogen and oxygen atoms in total. The van der Waals surface area contributed by atoms with Crippen molar-refractivity contribution in [1.29, 1.82) is 0 Å². The Morgan fingerprint density at radius 1 is 0.893 bits per heavy atom. The van der Waals surface area contributed by atoms with E-state index in [9.17, 15) is 9.18 Å². The summed E-state index contributed by atoms with van der Waals surface area (Å²) in [6.07, 6.45) is 0. The van der Waals surface area contributed by atoms with E-state index in [1.807, 2.05) is 72.8 Å². The van der Waals surface area contributed by atoms with Crippen LogP contribution in [0.5, 0.6) is 0 Å². The molecule has 0 aliphatic heterocycles. The van der Waals surface area contributed by atoms with Gasteiger partial charge in [-0.15, -0.1) is 0 Å². The Hall–Kier alpha value is -3.14. The smallest absolute Gasteiger partial charge is 0.255 e. The van der Waals surface area contributed by atoms with Crippen molar-refractivity contribution in [3.05, 3.63) is 83.9 Å². The molecule has 0 aliphatic carbocycles. The standard InChI is InChI=1S/C24H25FN2O/c1-17(2)18-8-10-20(11-9-18)24(28)27-23-16-21(19-6-4-3-5-7-19)12-13-22(23)26-15-14-25/h3-13,16-17,26H,14-15H2,1-2H3,(H,27,28)/i25-1. The molecule has 4 heteroatoms. The zero-order valence-corrected chi connectivity index (χ0v) is 16.2. The molecule has 0 aliphatic rings. The zero-order valence-electron chi connectivity index (χ0n) is 16.2. The summed E-state index contributed by atoms with van der Waals surface area (Å²) in [6, 6.07) is 23.3. The highest BCUT2D eigenvalue weighted by molar-refractivity contribution is 6.06. The molecule has 0 radical (unpaired) electrons. The predicted octanol–water partition coefficient (Wildman–Crippen LogP) is 6.11. The maximum atomic E-state index is 12.8. The third kappa shape index (κ3) is 4.77. The second-order valence-electron chi connectivity index (χ2n) is 6.97. The normalized spacial score (nSPS) is 10.7. The van der Waals surface area contributed by atoms with Crippen LogP contribution in [0.2, 0.25) is 0 Å². The van der Waals surface area contributed by atoms with Crippen LogP contribution in [-0.2, 0) is 0 Å². The fourth-order valence-corrected chi connectivity index (χ4v) is 3.01. The number of anilines is 2. The Morgan fingerprint density at radius 2 is 1.61 bits per heavy atom. The van der Waals surface area contributed by atoms with Gasteiger partial charge in [0.1, 0.15) is 6.67 Å². The molecule has 0 saturated heterocycles. The van der Waals surface area contributed by atoms with Gasteiger partial charge in [0.25, 0.3) is 5.91 Å². The second-order valence-corrected chi connectivity index (χ2v) is 6.97. The van der Waals surface area contributed by atoms with Crippen LogP contribution in [0.25, 0.3) is 11.1 Å². The zero-order chi connectivity index (χ0) is 19.9. The van der Waals surface area contributed by atoms with Crippen molar-refractivity contribution in [3.8, 4) is 11.1 Å². The van der Waals surface area contributed by atoms with Gasteiger partial charge in [0.2, 0.25) is 0 Å². The maximum absolute atomic E-state index is 12.8. The highest BCUT2D eigenvalue weighted by atomic mass is 18.2. The summed E-state index contributed by atoms with van der Waals surface area (Å²) < 4.78 is 12.6. The van der Waals surface area contributed by atoms with Crippen LogP contribution in [0.4, 0.5) is 15.8 Å². The average molecular weight is 375 g/mol. The van der Waals surface area contributed by atoms with Crippen LogP contribution in [0.3, 0.4) is 0 Å². The quantitative estimate of drug-likeness (QED) is 0.523. The van der Waals surface area contributed by atoms with Crippen molar-refractivity contribution in [3.63, 3.8) is 0 Å². The number of carbonyl (C=O) groups is 1. The lowest BCUT2D eigenvalue weighted by molar-refractivity contribution is 0.102. The van der Waals surface area contributed by atoms with E-state index < -0.39 is 6.67 Å². The minimum absolute atomic E-state index is 0.191. The van der Waals surface area contributed by atoms with Gasteiger partial charge < -0.3 is 10.6 Å². The van der Waals surface area contributed by atoms with Crippen molar-refractivity contribution in [1.82, 2.24) is 0 Å². The summed E-state index contributed by atoms with van der Waals surface area (Å²) in [5, 5.41) is 6.00.